The molecular weight excluding hydrogens is 286 g/mol. The number of hydrogen-bond donors (Lipinski definition) is 3. The van der Waals surface area contributed by atoms with Crippen molar-refractivity contribution >= 4 is 17.6 Å². The zero-order chi connectivity index (χ0) is 14.9. The molecule has 0 bridgehead atoms. The summed E-state index contributed by atoms with van der Waals surface area (Å²) in [5.41, 5.74) is 2.20. The fourth-order valence-electron chi connectivity index (χ4n) is 1.90. The van der Waals surface area contributed by atoms with Crippen molar-refractivity contribution in [2.45, 2.75) is 19.9 Å². The van der Waals surface area contributed by atoms with Crippen molar-refractivity contribution in [2.24, 2.45) is 4.99 Å². The summed E-state index contributed by atoms with van der Waals surface area (Å²) in [5, 5.41) is 14.1. The summed E-state index contributed by atoms with van der Waals surface area (Å²) in [4.78, 5) is 4.50. The van der Waals surface area contributed by atoms with E-state index in [0.717, 1.165) is 36.2 Å². The third kappa shape index (κ3) is 5.47. The van der Waals surface area contributed by atoms with Gasteiger partial charge in [-0.25, -0.2) is 4.99 Å². The molecule has 0 radical (unpaired) electrons. The molecule has 0 fully saturated rings. The molecule has 0 aliphatic carbocycles. The first-order valence-corrected chi connectivity index (χ1v) is 7.40. The molecule has 2 rings (SSSR count). The monoisotopic (exact) mass is 305 g/mol. The van der Waals surface area contributed by atoms with E-state index in [1.54, 1.807) is 6.20 Å². The summed E-state index contributed by atoms with van der Waals surface area (Å²) in [6.07, 6.45) is 2.62. The number of benzene rings is 1. The zero-order valence-corrected chi connectivity index (χ0v) is 12.8. The third-order valence-electron chi connectivity index (χ3n) is 2.91. The number of aromatic amines is 1. The average Bonchev–Trinajstić information content (AvgIpc) is 2.98. The molecule has 0 atom stereocenters. The first kappa shape index (κ1) is 15.4. The molecule has 0 unspecified atom stereocenters. The van der Waals surface area contributed by atoms with E-state index >= 15 is 0 Å². The lowest BCUT2D eigenvalue weighted by Gasteiger charge is -2.11. The molecule has 2 aromatic rings. The second-order valence-electron chi connectivity index (χ2n) is 4.58. The minimum Gasteiger partial charge on any atom is -0.357 e. The van der Waals surface area contributed by atoms with E-state index in [-0.39, 0.29) is 0 Å². The van der Waals surface area contributed by atoms with Gasteiger partial charge in [0.2, 0.25) is 0 Å². The van der Waals surface area contributed by atoms with E-state index in [2.05, 4.69) is 31.9 Å². The molecule has 6 heteroatoms. The number of aliphatic imine (C=N–C) groups is 1. The lowest BCUT2D eigenvalue weighted by molar-refractivity contribution is 0.795. The Labute approximate surface area is 129 Å². The van der Waals surface area contributed by atoms with Crippen LogP contribution in [0, 0.1) is 0 Å². The molecule has 0 saturated heterocycles. The highest BCUT2D eigenvalue weighted by Gasteiger charge is 1.99. The molecule has 1 heterocycles. The molecule has 0 saturated carbocycles. The van der Waals surface area contributed by atoms with E-state index < -0.39 is 0 Å². The highest BCUT2D eigenvalue weighted by atomic mass is 35.5. The molecule has 0 aliphatic heterocycles. The predicted octanol–water partition coefficient (Wildman–Crippen LogP) is 2.36. The van der Waals surface area contributed by atoms with Gasteiger partial charge in [0, 0.05) is 24.3 Å². The highest BCUT2D eigenvalue weighted by molar-refractivity contribution is 6.30. The fraction of sp³-hybridized carbons (Fsp3) is 0.333. The van der Waals surface area contributed by atoms with Crippen molar-refractivity contribution in [2.75, 3.05) is 13.1 Å². The van der Waals surface area contributed by atoms with Crippen LogP contribution in [-0.4, -0.2) is 29.2 Å². The third-order valence-corrected chi connectivity index (χ3v) is 3.14. The van der Waals surface area contributed by atoms with Crippen molar-refractivity contribution in [1.29, 1.82) is 0 Å². The zero-order valence-electron chi connectivity index (χ0n) is 12.1. The van der Waals surface area contributed by atoms with E-state index in [1.807, 2.05) is 31.2 Å². The lowest BCUT2D eigenvalue weighted by Crippen LogP contribution is -2.38. The maximum absolute atomic E-state index is 5.98. The molecule has 0 aliphatic rings. The number of halogens is 1. The summed E-state index contributed by atoms with van der Waals surface area (Å²) in [7, 11) is 0. The van der Waals surface area contributed by atoms with Crippen LogP contribution in [-0.2, 0) is 13.0 Å². The second-order valence-corrected chi connectivity index (χ2v) is 5.02. The minimum atomic E-state index is 0.576. The predicted molar refractivity (Wildman–Crippen MR) is 86.6 cm³/mol. The van der Waals surface area contributed by atoms with Crippen LogP contribution in [0.4, 0.5) is 0 Å². The summed E-state index contributed by atoms with van der Waals surface area (Å²) < 4.78 is 0. The Morgan fingerprint density at radius 3 is 2.95 bits per heavy atom. The normalized spacial score (nSPS) is 11.4. The Balaban J connectivity index is 1.83. The summed E-state index contributed by atoms with van der Waals surface area (Å²) >= 11 is 5.98. The van der Waals surface area contributed by atoms with E-state index in [1.165, 1.54) is 5.56 Å². The fourth-order valence-corrected chi connectivity index (χ4v) is 2.11. The Bertz CT molecular complexity index is 565. The molecule has 1 aromatic carbocycles. The van der Waals surface area contributed by atoms with Crippen LogP contribution in [0.25, 0.3) is 0 Å². The molecule has 0 spiro atoms. The van der Waals surface area contributed by atoms with Gasteiger partial charge in [0.05, 0.1) is 12.2 Å². The van der Waals surface area contributed by atoms with Gasteiger partial charge < -0.3 is 10.6 Å². The Hall–Kier alpha value is -2.01. The van der Waals surface area contributed by atoms with Gasteiger partial charge in [-0.1, -0.05) is 23.7 Å². The van der Waals surface area contributed by atoms with Gasteiger partial charge in [0.25, 0.3) is 0 Å². The molecule has 0 amide bonds. The largest absolute Gasteiger partial charge is 0.357 e. The molecule has 3 N–H and O–H groups in total. The van der Waals surface area contributed by atoms with Crippen LogP contribution >= 0.6 is 11.6 Å². The maximum atomic E-state index is 5.98. The maximum Gasteiger partial charge on any atom is 0.191 e. The van der Waals surface area contributed by atoms with Gasteiger partial charge in [0.1, 0.15) is 0 Å². The summed E-state index contributed by atoms with van der Waals surface area (Å²) in [5.74, 6) is 0.800. The number of nitrogens with one attached hydrogen (secondary N) is 3. The first-order chi connectivity index (χ1) is 10.3. The number of H-pyrrole nitrogens is 1. The first-order valence-electron chi connectivity index (χ1n) is 7.03. The van der Waals surface area contributed by atoms with E-state index in [0.29, 0.717) is 6.54 Å². The van der Waals surface area contributed by atoms with E-state index in [4.69, 9.17) is 11.6 Å². The van der Waals surface area contributed by atoms with Crippen LogP contribution < -0.4 is 10.6 Å². The topological polar surface area (TPSA) is 65.1 Å². The van der Waals surface area contributed by atoms with Crippen LogP contribution in [0.1, 0.15) is 18.2 Å². The molecule has 112 valence electrons. The van der Waals surface area contributed by atoms with Crippen molar-refractivity contribution in [1.82, 2.24) is 20.8 Å². The van der Waals surface area contributed by atoms with Crippen LogP contribution in [0.15, 0.2) is 41.5 Å². The molecule has 5 nitrogen and oxygen atoms in total. The number of hydrogen-bond acceptors (Lipinski definition) is 2. The quantitative estimate of drug-likeness (QED) is 0.567. The molecular formula is C15H20ClN5. The average molecular weight is 306 g/mol. The summed E-state index contributed by atoms with van der Waals surface area (Å²) in [6, 6.07) is 9.82. The number of rotatable bonds is 6. The van der Waals surface area contributed by atoms with E-state index in [9.17, 15) is 0 Å². The number of nitrogens with zero attached hydrogens (tertiary/aromatic N) is 2. The van der Waals surface area contributed by atoms with Gasteiger partial charge >= 0.3 is 0 Å². The summed E-state index contributed by atoms with van der Waals surface area (Å²) in [6.45, 7) is 4.25. The van der Waals surface area contributed by atoms with Crippen molar-refractivity contribution < 1.29 is 0 Å². The highest BCUT2D eigenvalue weighted by Crippen LogP contribution is 2.10. The Kier molecular flexibility index (Phi) is 6.09. The van der Waals surface area contributed by atoms with Crippen molar-refractivity contribution in [3.63, 3.8) is 0 Å². The lowest BCUT2D eigenvalue weighted by atomic mass is 10.1. The van der Waals surface area contributed by atoms with Crippen LogP contribution in [0.3, 0.4) is 0 Å². The van der Waals surface area contributed by atoms with Gasteiger partial charge in [-0.05, 0) is 37.1 Å². The van der Waals surface area contributed by atoms with Crippen molar-refractivity contribution in [3.05, 3.63) is 52.8 Å². The minimum absolute atomic E-state index is 0.576. The van der Waals surface area contributed by atoms with Crippen molar-refractivity contribution in [3.8, 4) is 0 Å². The smallest absolute Gasteiger partial charge is 0.191 e. The number of aromatic nitrogens is 2. The Morgan fingerprint density at radius 2 is 2.24 bits per heavy atom. The van der Waals surface area contributed by atoms with Gasteiger partial charge in [-0.2, -0.15) is 5.10 Å². The van der Waals surface area contributed by atoms with Gasteiger partial charge in [-0.3, -0.25) is 5.10 Å². The molecule has 21 heavy (non-hydrogen) atoms. The van der Waals surface area contributed by atoms with Gasteiger partial charge in [-0.15, -0.1) is 0 Å². The second kappa shape index (κ2) is 8.32. The van der Waals surface area contributed by atoms with Crippen LogP contribution in [0.2, 0.25) is 5.02 Å². The standard InChI is InChI=1S/C15H20ClN5/c1-2-17-15(19-11-14-7-9-20-21-14)18-8-6-12-4-3-5-13(16)10-12/h3-5,7,9-10H,2,6,8,11H2,1H3,(H,20,21)(H2,17,18,19). The van der Waals surface area contributed by atoms with Crippen LogP contribution in [0.5, 0.6) is 0 Å². The number of guanidine groups is 1. The molecule has 1 aromatic heterocycles. The SMILES string of the molecule is CCNC(=NCc1ccn[nH]1)NCCc1cccc(Cl)c1. The van der Waals surface area contributed by atoms with Gasteiger partial charge in [0.15, 0.2) is 5.96 Å². The Morgan fingerprint density at radius 1 is 1.33 bits per heavy atom.